The van der Waals surface area contributed by atoms with Crippen LogP contribution >= 0.6 is 11.6 Å². The normalized spacial score (nSPS) is 25.4. The van der Waals surface area contributed by atoms with Crippen LogP contribution in [-0.4, -0.2) is 246 Å². The van der Waals surface area contributed by atoms with Crippen LogP contribution in [0, 0.1) is 26.1 Å². The van der Waals surface area contributed by atoms with Gasteiger partial charge in [0, 0.05) is 30.7 Å². The second-order valence-corrected chi connectivity index (χ2v) is 33.0. The van der Waals surface area contributed by atoms with Crippen LogP contribution in [0.15, 0.2) is 109 Å². The second-order valence-electron chi connectivity index (χ2n) is 32.6. The van der Waals surface area contributed by atoms with Gasteiger partial charge in [0.15, 0.2) is 52.9 Å². The van der Waals surface area contributed by atoms with Crippen molar-refractivity contribution in [2.24, 2.45) is 11.7 Å². The molecule has 19 N–H and O–H groups in total. The summed E-state index contributed by atoms with van der Waals surface area (Å²) in [5.41, 5.74) is -1.16. The van der Waals surface area contributed by atoms with Crippen LogP contribution < -0.4 is 80.8 Å². The van der Waals surface area contributed by atoms with Crippen molar-refractivity contribution in [2.45, 2.75) is 169 Å². The number of fused-ring (bicyclic) bond motifs is 12. The maximum absolute atomic E-state index is 16.4. The Morgan fingerprint density at radius 2 is 1.29 bits per heavy atom. The Hall–Kier alpha value is -14.1. The van der Waals surface area contributed by atoms with Gasteiger partial charge < -0.3 is 151 Å². The number of nitrogens with zero attached hydrogens (tertiary/aromatic N) is 3. The van der Waals surface area contributed by atoms with Gasteiger partial charge >= 0.3 is 23.8 Å². The minimum atomic E-state index is -3.09. The summed E-state index contributed by atoms with van der Waals surface area (Å²) in [6, 6.07) is 2.89. The molecular formula is C86H92ClN11O36. The van der Waals surface area contributed by atoms with Gasteiger partial charge in [-0.1, -0.05) is 55.8 Å². The number of carbonyl (C=O) groups excluding carboxylic acids is 9. The lowest BCUT2D eigenvalue weighted by Gasteiger charge is -2.48. The largest absolute Gasteiger partial charge is 0.508 e. The number of hydrogen-bond donors (Lipinski definition) is 18. The van der Waals surface area contributed by atoms with Gasteiger partial charge in [-0.05, 0) is 126 Å². The molecule has 1 aliphatic carbocycles. The lowest BCUT2D eigenvalue weighted by molar-refractivity contribution is -0.386. The average Bonchev–Trinajstić information content (AvgIpc) is 1.55. The number of halogens is 1. The topological polar surface area (TPSA) is 684 Å². The molecular weight excluding hydrogens is 1800 g/mol. The molecule has 0 unspecified atom stereocenters. The number of nitrogens with one attached hydrogen (secondary N) is 7. The molecule has 8 aliphatic rings. The zero-order valence-electron chi connectivity index (χ0n) is 72.2. The molecule has 134 heavy (non-hydrogen) atoms. The number of phenols is 1. The minimum absolute atomic E-state index is 0.0277. The van der Waals surface area contributed by atoms with Gasteiger partial charge in [0.2, 0.25) is 64.9 Å². The fourth-order valence-corrected chi connectivity index (χ4v) is 16.6. The molecule has 7 heterocycles. The number of nitro groups is 2. The van der Waals surface area contributed by atoms with Crippen molar-refractivity contribution in [1.82, 2.24) is 42.1 Å². The number of phenolic OH excluding ortho intramolecular Hbond substituents is 1. The quantitative estimate of drug-likeness (QED) is 0.0248. The number of likely N-dealkylation sites (N-methyl/N-ethyl adjacent to an activating group) is 1. The first-order valence-corrected chi connectivity index (χ1v) is 41.3. The second kappa shape index (κ2) is 39.4. The Labute approximate surface area is 762 Å². The first-order chi connectivity index (χ1) is 63.4. The molecule has 7 aliphatic heterocycles. The fraction of sp³-hybridized carbons (Fsp3) is 0.395. The molecule has 0 radical (unpaired) electrons. The number of aromatic hydroxyl groups is 1. The van der Waals surface area contributed by atoms with Crippen LogP contribution in [0.4, 0.5) is 21.0 Å². The first kappa shape index (κ1) is 97.4. The number of alkyl carbamates (subject to hydrolysis) is 1. The third-order valence-electron chi connectivity index (χ3n) is 23.2. The molecule has 2 saturated heterocycles. The number of aliphatic carboxylic acids is 1. The van der Waals surface area contributed by atoms with Crippen LogP contribution in [0.25, 0.3) is 11.1 Å². The van der Waals surface area contributed by atoms with Crippen molar-refractivity contribution < 1.29 is 166 Å². The van der Waals surface area contributed by atoms with Crippen molar-refractivity contribution in [3.63, 3.8) is 0 Å². The van der Waals surface area contributed by atoms with Crippen LogP contribution in [-0.2, 0) is 69.7 Å². The van der Waals surface area contributed by atoms with E-state index in [1.807, 2.05) is 0 Å². The highest BCUT2D eigenvalue weighted by Crippen LogP contribution is 2.53. The van der Waals surface area contributed by atoms with Gasteiger partial charge in [-0.2, -0.15) is 0 Å². The van der Waals surface area contributed by atoms with Crippen molar-refractivity contribution in [1.29, 1.82) is 0 Å². The highest BCUT2D eigenvalue weighted by atomic mass is 35.5. The van der Waals surface area contributed by atoms with Crippen LogP contribution in [0.3, 0.4) is 0 Å². The SMILES string of the molecule is COc1cc(COC(=O)N[C@@]2(C)C[C@@H](O[C@H]3[C@H](Oc4c5cc6cc4Oc4ccc(cc4Cl)[C@@H](O)[C@@H](NC(=O)[C@@H](CC(C)C)N(C)C(=O)Oc4cc(OC)c(OC)cc4[N+](=O)[O-])C(=O)N[C@@H](CC(N)=O)C(=O)N[C@H]6C(=O)N[C@H]4C(=O)N[C@H](C(=O)N[C@H](C(=O)O)c6cc(O)cc7c6-c6cc4ccc6C7(O)O)[C@H](O)c4ccc(cc4)O5)O[C@H](CO)[C@@H](O)[C@@H]3O)O[C@@H](C)[C@H]2O)c([N+](=O)[O-])cc1OC. The summed E-state index contributed by atoms with van der Waals surface area (Å²) in [6.07, 6.45) is -24.7. The first-order valence-electron chi connectivity index (χ1n) is 41.0. The summed E-state index contributed by atoms with van der Waals surface area (Å²) < 4.78 is 71.0. The number of carboxylic acids is 1. The number of benzene rings is 7. The lowest BCUT2D eigenvalue weighted by Crippen LogP contribution is -2.66. The van der Waals surface area contributed by atoms with Crippen LogP contribution in [0.5, 0.6) is 63.2 Å². The zero-order chi connectivity index (χ0) is 97.5. The molecule has 48 heteroatoms. The summed E-state index contributed by atoms with van der Waals surface area (Å²) in [4.78, 5) is 173. The summed E-state index contributed by atoms with van der Waals surface area (Å²) in [7, 11) is 5.92. The number of primary amides is 1. The van der Waals surface area contributed by atoms with E-state index in [0.29, 0.717) is 4.90 Å². The van der Waals surface area contributed by atoms with Crippen LogP contribution in [0.2, 0.25) is 5.02 Å². The number of rotatable bonds is 23. The number of methoxy groups -OCH3 is 4. The van der Waals surface area contributed by atoms with Crippen molar-refractivity contribution in [3.05, 3.63) is 179 Å². The molecule has 0 saturated carbocycles. The Balaban J connectivity index is 0.963. The van der Waals surface area contributed by atoms with E-state index < -0.39 is 290 Å². The van der Waals surface area contributed by atoms with E-state index in [-0.39, 0.29) is 68.5 Å². The molecule has 714 valence electrons. The molecule has 47 nitrogen and oxygen atoms in total. The van der Waals surface area contributed by atoms with Crippen molar-refractivity contribution in [3.8, 4) is 74.4 Å². The lowest BCUT2D eigenvalue weighted by atomic mass is 9.85. The molecule has 0 spiro atoms. The molecule has 7 aromatic rings. The number of hydrogen-bond acceptors (Lipinski definition) is 35. The average molecular weight is 1890 g/mol. The monoisotopic (exact) mass is 1890 g/mol. The van der Waals surface area contributed by atoms with Gasteiger partial charge in [-0.25, -0.2) is 14.4 Å². The molecule has 15 rings (SSSR count). The highest BCUT2D eigenvalue weighted by molar-refractivity contribution is 6.32. The summed E-state index contributed by atoms with van der Waals surface area (Å²) in [6.45, 7) is 4.04. The Morgan fingerprint density at radius 3 is 1.92 bits per heavy atom. The number of nitro benzene ring substituents is 2. The third kappa shape index (κ3) is 19.8. The number of nitrogens with two attached hydrogens (primary N) is 1. The molecule has 2 fully saturated rings. The Kier molecular flexibility index (Phi) is 28.6. The maximum Gasteiger partial charge on any atom is 0.415 e. The fourth-order valence-electron chi connectivity index (χ4n) is 16.3. The molecule has 18 atom stereocenters. The van der Waals surface area contributed by atoms with E-state index in [1.54, 1.807) is 13.8 Å². The van der Waals surface area contributed by atoms with Gasteiger partial charge in [-0.15, -0.1) is 0 Å². The van der Waals surface area contributed by atoms with Gasteiger partial charge in [0.05, 0.1) is 85.7 Å². The number of carboxylic acid groups (broad SMARTS) is 1. The van der Waals surface area contributed by atoms with E-state index >= 15 is 28.8 Å². The molecule has 11 bridgehead atoms. The number of ether oxygens (including phenoxy) is 12. The maximum atomic E-state index is 16.4. The smallest absolute Gasteiger partial charge is 0.415 e. The Morgan fingerprint density at radius 1 is 0.679 bits per heavy atom. The standard InChI is InChI=1S/C86H92ClN11O36/c1-33(2)18-50(96(5)84(116)132-52-29-56(126-9)55(125-8)28-49(52)98(121)122)76(108)93-67-69(103)37-13-17-51(46(87)20-37)130-58-22-38-21-57(72(58)134-82-73(71(105)70(104)59(31-99)131-82)133-61-30-85(4,74(106)34(3)128-61)95-83(115)127-32-39-23-53(123-6)54(124-7)27-48(39)97(119)120)129-41-14-10-35(11-15-41)68(102)66-80(112)92-65(81(113)114)43-24-40(100)25-45-62(43)42-19-36(12-16-44(42)86(45,117)118)63(77(109)94-66)91-78(110)64(38)90-75(107)47(26-60(88)101)89-79(67)111/h10-17,19-25,27-29,33-34,47,50,59,61,63-71,73-74,82,99-100,102-106,117-118H,18,26,30-32H2,1-9H3,(H2,88,101)(H,89,111)(H,90,107)(H,91,110)(H,92,112)(H,93,108)(H,94,109)(H,95,115)(H,113,114)/t34-,47-,50+,59+,61+,63+,64+,65-,66-,67+,68+,69+,70+,71-,73+,74+,82-,85-/m0/s1. The van der Waals surface area contributed by atoms with Gasteiger partial charge in [0.25, 0.3) is 5.69 Å². The predicted octanol–water partition coefficient (Wildman–Crippen LogP) is 2.27. The summed E-state index contributed by atoms with van der Waals surface area (Å²) in [5.74, 6) is -20.4. The minimum Gasteiger partial charge on any atom is -0.508 e. The van der Waals surface area contributed by atoms with Crippen molar-refractivity contribution >= 4 is 82.5 Å². The number of amides is 9. The highest BCUT2D eigenvalue weighted by Gasteiger charge is 2.54. The number of aliphatic hydroxyl groups is 8. The molecule has 0 aromatic heterocycles. The van der Waals surface area contributed by atoms with Crippen molar-refractivity contribution in [2.75, 3.05) is 42.1 Å². The summed E-state index contributed by atoms with van der Waals surface area (Å²) in [5, 5.41) is 159. The predicted molar refractivity (Wildman–Crippen MR) is 452 cm³/mol. The van der Waals surface area contributed by atoms with Gasteiger partial charge in [-0.3, -0.25) is 58.7 Å². The Bertz CT molecular complexity index is 5830. The van der Waals surface area contributed by atoms with Crippen LogP contribution in [0.1, 0.15) is 122 Å². The van der Waals surface area contributed by atoms with E-state index in [0.717, 1.165) is 110 Å². The van der Waals surface area contributed by atoms with E-state index in [1.165, 1.54) is 48.4 Å². The third-order valence-corrected chi connectivity index (χ3v) is 23.5. The molecule has 7 aromatic carbocycles. The van der Waals surface area contributed by atoms with E-state index in [9.17, 15) is 90.5 Å². The number of aliphatic hydroxyl groups excluding tert-OH is 6. The van der Waals surface area contributed by atoms with E-state index in [2.05, 4.69) is 37.2 Å². The zero-order valence-corrected chi connectivity index (χ0v) is 73.0. The van der Waals surface area contributed by atoms with E-state index in [4.69, 9.17) is 74.2 Å². The number of carbonyl (C=O) groups is 10. The van der Waals surface area contributed by atoms with Gasteiger partial charge in [0.1, 0.15) is 96.7 Å². The molecule has 9 amide bonds. The summed E-state index contributed by atoms with van der Waals surface area (Å²) >= 11 is 7.21.